The minimum absolute atomic E-state index is 0.0849. The standard InChI is InChI=1S/C40H32ClN2O8PS/c1-24(44)50-34-19-32-28(27-11-5-6-12-29(27)34)17-18-42(32)39(45)36-15-16-37(53-36)40(46)43-22-26(21-41)38-31-14-8-7-13-30(31)35(20-33(38)43)51-52(47,48)49-23-25-9-3-2-4-10-25/h2-16,19-20,26H,17-18,21-23H2,1H3,(H,47,48)/t26-/m1/s1. The Labute approximate surface area is 313 Å². The van der Waals surface area contributed by atoms with Crippen molar-refractivity contribution < 1.29 is 37.6 Å². The zero-order valence-electron chi connectivity index (χ0n) is 28.4. The van der Waals surface area contributed by atoms with E-state index in [0.29, 0.717) is 50.8 Å². The molecule has 0 radical (unpaired) electrons. The molecule has 1 N–H and O–H groups in total. The van der Waals surface area contributed by atoms with Crippen molar-refractivity contribution in [1.82, 2.24) is 0 Å². The number of anilines is 2. The number of thiophene rings is 1. The van der Waals surface area contributed by atoms with E-state index in [1.54, 1.807) is 70.5 Å². The lowest BCUT2D eigenvalue weighted by molar-refractivity contribution is -0.131. The van der Waals surface area contributed by atoms with Crippen LogP contribution in [-0.4, -0.2) is 41.6 Å². The quantitative estimate of drug-likeness (QED) is 0.0671. The lowest BCUT2D eigenvalue weighted by Crippen LogP contribution is -2.29. The van der Waals surface area contributed by atoms with Gasteiger partial charge < -0.3 is 19.1 Å². The van der Waals surface area contributed by atoms with Gasteiger partial charge in [0.05, 0.1) is 27.7 Å². The lowest BCUT2D eigenvalue weighted by Gasteiger charge is -2.20. The van der Waals surface area contributed by atoms with Crippen LogP contribution in [0.2, 0.25) is 0 Å². The van der Waals surface area contributed by atoms with Gasteiger partial charge in [-0.15, -0.1) is 22.9 Å². The Bertz CT molecular complexity index is 2490. The van der Waals surface area contributed by atoms with Crippen molar-refractivity contribution in [2.75, 3.05) is 28.8 Å². The fourth-order valence-electron chi connectivity index (χ4n) is 7.21. The van der Waals surface area contributed by atoms with Gasteiger partial charge in [-0.1, -0.05) is 78.9 Å². The van der Waals surface area contributed by atoms with E-state index in [1.165, 1.54) is 6.92 Å². The molecule has 2 atom stereocenters. The number of halogens is 1. The first-order chi connectivity index (χ1) is 25.6. The van der Waals surface area contributed by atoms with Crippen LogP contribution in [0.5, 0.6) is 11.5 Å². The van der Waals surface area contributed by atoms with Gasteiger partial charge in [0.2, 0.25) is 0 Å². The molecule has 0 aliphatic carbocycles. The Morgan fingerprint density at radius 3 is 2.09 bits per heavy atom. The summed E-state index contributed by atoms with van der Waals surface area (Å²) < 4.78 is 29.8. The third-order valence-corrected chi connectivity index (χ3v) is 11.8. The van der Waals surface area contributed by atoms with E-state index in [0.717, 1.165) is 38.6 Å². The van der Waals surface area contributed by atoms with Crippen LogP contribution in [0.15, 0.2) is 103 Å². The molecule has 0 saturated heterocycles. The molecule has 1 unspecified atom stereocenters. The highest BCUT2D eigenvalue weighted by Crippen LogP contribution is 2.51. The lowest BCUT2D eigenvalue weighted by atomic mass is 9.95. The fourth-order valence-corrected chi connectivity index (χ4v) is 9.13. The minimum atomic E-state index is -4.59. The summed E-state index contributed by atoms with van der Waals surface area (Å²) >= 11 is 7.57. The number of hydrogen-bond acceptors (Lipinski definition) is 8. The predicted octanol–water partition coefficient (Wildman–Crippen LogP) is 8.86. The average Bonchev–Trinajstić information content (AvgIpc) is 3.92. The van der Waals surface area contributed by atoms with Crippen molar-refractivity contribution in [3.8, 4) is 11.5 Å². The van der Waals surface area contributed by atoms with Gasteiger partial charge in [0.25, 0.3) is 11.8 Å². The van der Waals surface area contributed by atoms with Crippen LogP contribution >= 0.6 is 30.8 Å². The summed E-state index contributed by atoms with van der Waals surface area (Å²) in [6, 6.07) is 30.5. The number of rotatable bonds is 9. The normalized spacial score (nSPS) is 16.0. The largest absolute Gasteiger partial charge is 0.527 e. The first-order valence-electron chi connectivity index (χ1n) is 16.9. The molecule has 53 heavy (non-hydrogen) atoms. The molecule has 10 nitrogen and oxygen atoms in total. The Morgan fingerprint density at radius 2 is 1.42 bits per heavy atom. The number of esters is 1. The van der Waals surface area contributed by atoms with Crippen LogP contribution in [0.1, 0.15) is 48.9 Å². The van der Waals surface area contributed by atoms with Gasteiger partial charge >= 0.3 is 13.8 Å². The van der Waals surface area contributed by atoms with E-state index in [-0.39, 0.29) is 42.5 Å². The third kappa shape index (κ3) is 6.60. The molecular weight excluding hydrogens is 735 g/mol. The van der Waals surface area contributed by atoms with E-state index in [1.807, 2.05) is 42.5 Å². The van der Waals surface area contributed by atoms with E-state index in [2.05, 4.69) is 0 Å². The van der Waals surface area contributed by atoms with Crippen molar-refractivity contribution in [1.29, 1.82) is 0 Å². The number of phosphoric acid groups is 1. The molecule has 0 fully saturated rings. The smallest absolute Gasteiger partial charge is 0.426 e. The number of carbonyl (C=O) groups is 3. The summed E-state index contributed by atoms with van der Waals surface area (Å²) in [5.74, 6) is -0.608. The van der Waals surface area contributed by atoms with Crippen molar-refractivity contribution in [2.45, 2.75) is 25.9 Å². The Balaban J connectivity index is 1.09. The monoisotopic (exact) mass is 766 g/mol. The van der Waals surface area contributed by atoms with Crippen molar-refractivity contribution in [3.63, 3.8) is 0 Å². The number of hydrogen-bond donors (Lipinski definition) is 1. The summed E-state index contributed by atoms with van der Waals surface area (Å²) in [6.45, 7) is 1.90. The first-order valence-corrected chi connectivity index (χ1v) is 19.8. The van der Waals surface area contributed by atoms with Crippen LogP contribution in [-0.2, 0) is 26.9 Å². The number of ether oxygens (including phenoxy) is 1. The highest BCUT2D eigenvalue weighted by molar-refractivity contribution is 7.47. The number of carbonyl (C=O) groups excluding carboxylic acids is 3. The van der Waals surface area contributed by atoms with E-state index in [4.69, 9.17) is 25.4 Å². The number of amides is 2. The molecule has 1 aromatic heterocycles. The second kappa shape index (κ2) is 14.1. The molecule has 268 valence electrons. The van der Waals surface area contributed by atoms with Gasteiger partial charge in [-0.25, -0.2) is 4.57 Å². The van der Waals surface area contributed by atoms with E-state index < -0.39 is 13.8 Å². The zero-order chi connectivity index (χ0) is 36.9. The molecule has 3 heterocycles. The van der Waals surface area contributed by atoms with Crippen LogP contribution in [0, 0.1) is 0 Å². The number of phosphoric ester groups is 1. The zero-order valence-corrected chi connectivity index (χ0v) is 30.8. The second-order valence-electron chi connectivity index (χ2n) is 12.8. The van der Waals surface area contributed by atoms with Gasteiger partial charge in [-0.3, -0.25) is 23.8 Å². The molecule has 2 aliphatic rings. The Hall–Kier alpha value is -5.03. The molecule has 2 aliphatic heterocycles. The van der Waals surface area contributed by atoms with Crippen LogP contribution < -0.4 is 19.1 Å². The molecule has 5 aromatic carbocycles. The summed E-state index contributed by atoms with van der Waals surface area (Å²) in [6.07, 6.45) is 0.625. The molecule has 0 saturated carbocycles. The third-order valence-electron chi connectivity index (χ3n) is 9.51. The van der Waals surface area contributed by atoms with Crippen LogP contribution in [0.4, 0.5) is 11.4 Å². The number of nitrogens with zero attached hydrogens (tertiary/aromatic N) is 2. The van der Waals surface area contributed by atoms with Gasteiger partial charge in [0.15, 0.2) is 0 Å². The van der Waals surface area contributed by atoms with Crippen LogP contribution in [0.25, 0.3) is 21.5 Å². The number of alkyl halides is 1. The van der Waals surface area contributed by atoms with Gasteiger partial charge in [0, 0.05) is 54.7 Å². The van der Waals surface area contributed by atoms with E-state index >= 15 is 0 Å². The molecule has 6 aromatic rings. The van der Waals surface area contributed by atoms with Gasteiger partial charge in [-0.2, -0.15) is 0 Å². The van der Waals surface area contributed by atoms with Gasteiger partial charge in [-0.05, 0) is 46.0 Å². The molecule has 2 amide bonds. The summed E-state index contributed by atoms with van der Waals surface area (Å²) in [5.41, 5.74) is 3.68. The average molecular weight is 767 g/mol. The molecular formula is C40H32ClN2O8PS. The maximum atomic E-state index is 14.3. The Morgan fingerprint density at radius 1 is 0.811 bits per heavy atom. The highest BCUT2D eigenvalue weighted by Gasteiger charge is 2.37. The maximum Gasteiger partial charge on any atom is 0.527 e. The second-order valence-corrected chi connectivity index (χ2v) is 15.6. The topological polar surface area (TPSA) is 123 Å². The molecule has 8 rings (SSSR count). The maximum absolute atomic E-state index is 14.3. The fraction of sp³-hybridized carbons (Fsp3) is 0.175. The first kappa shape index (κ1) is 35.0. The Kier molecular flexibility index (Phi) is 9.30. The van der Waals surface area contributed by atoms with Crippen LogP contribution in [0.3, 0.4) is 0 Å². The van der Waals surface area contributed by atoms with Crippen molar-refractivity contribution in [3.05, 3.63) is 130 Å². The predicted molar refractivity (Wildman–Crippen MR) is 206 cm³/mol. The number of fused-ring (bicyclic) bond motifs is 6. The van der Waals surface area contributed by atoms with Crippen molar-refractivity contribution in [2.24, 2.45) is 0 Å². The molecule has 0 spiro atoms. The molecule has 0 bridgehead atoms. The highest BCUT2D eigenvalue weighted by atomic mass is 35.5. The number of benzene rings is 5. The summed E-state index contributed by atoms with van der Waals surface area (Å²) in [4.78, 5) is 54.9. The minimum Gasteiger partial charge on any atom is -0.426 e. The van der Waals surface area contributed by atoms with Crippen molar-refractivity contribution >= 4 is 81.5 Å². The summed E-state index contributed by atoms with van der Waals surface area (Å²) in [5, 5.41) is 3.02. The summed E-state index contributed by atoms with van der Waals surface area (Å²) in [7, 11) is -4.59. The van der Waals surface area contributed by atoms with E-state index in [9.17, 15) is 23.8 Å². The SMILES string of the molecule is CC(=O)Oc1cc2c(c3ccccc13)CCN2C(=O)c1ccc(C(=O)N2C[C@@H](CCl)c3c2cc(OP(=O)(O)OCc2ccccc2)c2ccccc32)s1. The van der Waals surface area contributed by atoms with Gasteiger partial charge in [0.1, 0.15) is 11.5 Å². The molecule has 13 heteroatoms.